The monoisotopic (exact) mass is 355 g/mol. The molecule has 2 saturated heterocycles. The first-order valence-electron chi connectivity index (χ1n) is 8.19. The van der Waals surface area contributed by atoms with Crippen molar-refractivity contribution in [2.24, 2.45) is 0 Å². The molecule has 1 aromatic carbocycles. The number of halogens is 2. The van der Waals surface area contributed by atoms with Crippen LogP contribution in [-0.4, -0.2) is 60.9 Å². The molecule has 2 heterocycles. The van der Waals surface area contributed by atoms with Gasteiger partial charge in [0, 0.05) is 51.3 Å². The molecule has 0 bridgehead atoms. The number of piperazine rings is 1. The molecular weight excluding hydrogens is 333 g/mol. The van der Waals surface area contributed by atoms with Crippen molar-refractivity contribution < 1.29 is 14.0 Å². The number of carbonyl (C=O) groups excluding carboxylic acids is 2. The van der Waals surface area contributed by atoms with Crippen molar-refractivity contribution in [2.45, 2.75) is 19.3 Å². The van der Waals surface area contributed by atoms with E-state index >= 15 is 0 Å². The lowest BCUT2D eigenvalue weighted by Crippen LogP contribution is -2.47. The predicted octanol–water partition coefficient (Wildman–Crippen LogP) is 1.91. The first-order chi connectivity index (χ1) is 11.1. The van der Waals surface area contributed by atoms with Gasteiger partial charge in [0.15, 0.2) is 0 Å². The van der Waals surface area contributed by atoms with Gasteiger partial charge in [-0.1, -0.05) is 0 Å². The highest BCUT2D eigenvalue weighted by Gasteiger charge is 2.28. The van der Waals surface area contributed by atoms with E-state index in [-0.39, 0.29) is 30.0 Å². The van der Waals surface area contributed by atoms with E-state index in [1.165, 1.54) is 17.0 Å². The summed E-state index contributed by atoms with van der Waals surface area (Å²) in [6, 6.07) is 6.61. The molecule has 0 saturated carbocycles. The molecule has 24 heavy (non-hydrogen) atoms. The zero-order chi connectivity index (χ0) is 16.2. The van der Waals surface area contributed by atoms with Crippen LogP contribution < -0.4 is 4.90 Å². The van der Waals surface area contributed by atoms with Crippen LogP contribution in [0.1, 0.15) is 19.3 Å². The summed E-state index contributed by atoms with van der Waals surface area (Å²) in [5.74, 6) is -0.273. The predicted molar refractivity (Wildman–Crippen MR) is 92.9 cm³/mol. The fourth-order valence-electron chi connectivity index (χ4n) is 3.21. The van der Waals surface area contributed by atoms with Crippen LogP contribution in [0, 0.1) is 5.82 Å². The Balaban J connectivity index is 0.00000208. The van der Waals surface area contributed by atoms with Crippen molar-refractivity contribution in [1.29, 1.82) is 0 Å². The smallest absolute Gasteiger partial charge is 0.229 e. The second kappa shape index (κ2) is 8.44. The summed E-state index contributed by atoms with van der Waals surface area (Å²) in [7, 11) is 0. The highest BCUT2D eigenvalue weighted by atomic mass is 35.5. The lowest BCUT2D eigenvalue weighted by molar-refractivity contribution is -0.138. The van der Waals surface area contributed by atoms with E-state index in [9.17, 15) is 14.0 Å². The molecule has 5 nitrogen and oxygen atoms in total. The molecule has 0 aromatic heterocycles. The van der Waals surface area contributed by atoms with Gasteiger partial charge >= 0.3 is 0 Å². The van der Waals surface area contributed by atoms with Crippen molar-refractivity contribution in [3.05, 3.63) is 30.1 Å². The molecule has 2 aliphatic rings. The highest BCUT2D eigenvalue weighted by Crippen LogP contribution is 2.17. The quantitative estimate of drug-likeness (QED) is 0.757. The first kappa shape index (κ1) is 18.7. The van der Waals surface area contributed by atoms with Crippen LogP contribution in [-0.2, 0) is 9.59 Å². The number of nitrogens with zero attached hydrogens (tertiary/aromatic N) is 3. The Morgan fingerprint density at radius 3 is 2.04 bits per heavy atom. The average molecular weight is 356 g/mol. The Morgan fingerprint density at radius 1 is 0.875 bits per heavy atom. The van der Waals surface area contributed by atoms with Gasteiger partial charge in [-0.15, -0.1) is 12.4 Å². The fourth-order valence-corrected chi connectivity index (χ4v) is 3.21. The number of amides is 2. The zero-order valence-electron chi connectivity index (χ0n) is 13.6. The van der Waals surface area contributed by atoms with E-state index in [1.807, 2.05) is 12.1 Å². The van der Waals surface area contributed by atoms with Gasteiger partial charge in [0.2, 0.25) is 11.8 Å². The summed E-state index contributed by atoms with van der Waals surface area (Å²) in [6.07, 6.45) is 1.57. The van der Waals surface area contributed by atoms with Gasteiger partial charge < -0.3 is 4.90 Å². The van der Waals surface area contributed by atoms with Crippen LogP contribution in [0.3, 0.4) is 0 Å². The topological polar surface area (TPSA) is 43.9 Å². The van der Waals surface area contributed by atoms with Gasteiger partial charge in [0.05, 0.1) is 0 Å². The van der Waals surface area contributed by atoms with E-state index < -0.39 is 0 Å². The molecule has 2 fully saturated rings. The Bertz CT molecular complexity index is 558. The van der Waals surface area contributed by atoms with E-state index in [0.717, 1.165) is 44.8 Å². The molecule has 0 atom stereocenters. The lowest BCUT2D eigenvalue weighted by Gasteiger charge is -2.36. The summed E-state index contributed by atoms with van der Waals surface area (Å²) in [6.45, 7) is 5.14. The summed E-state index contributed by atoms with van der Waals surface area (Å²) < 4.78 is 13.0. The maximum absolute atomic E-state index is 13.0. The molecule has 2 amide bonds. The van der Waals surface area contributed by atoms with Gasteiger partial charge in [-0.25, -0.2) is 4.39 Å². The van der Waals surface area contributed by atoms with Crippen LogP contribution in [0.2, 0.25) is 0 Å². The summed E-state index contributed by atoms with van der Waals surface area (Å²) >= 11 is 0. The van der Waals surface area contributed by atoms with E-state index in [2.05, 4.69) is 9.80 Å². The molecule has 0 unspecified atom stereocenters. The van der Waals surface area contributed by atoms with E-state index in [0.29, 0.717) is 19.4 Å². The molecule has 7 heteroatoms. The normalized spacial score (nSPS) is 18.9. The third-order valence-electron chi connectivity index (χ3n) is 4.57. The summed E-state index contributed by atoms with van der Waals surface area (Å²) in [5, 5.41) is 0. The van der Waals surface area contributed by atoms with Crippen molar-refractivity contribution in [3.8, 4) is 0 Å². The summed E-state index contributed by atoms with van der Waals surface area (Å²) in [4.78, 5) is 29.1. The second-order valence-corrected chi connectivity index (χ2v) is 6.10. The standard InChI is InChI=1S/C17H22FN3O2.ClH/c18-14-2-4-15(5-3-14)20-12-10-19(11-13-20)8-1-9-21-16(22)6-7-17(21)23;/h2-5H,1,6-13H2;1H. The van der Waals surface area contributed by atoms with Gasteiger partial charge in [-0.2, -0.15) is 0 Å². The molecule has 0 N–H and O–H groups in total. The maximum Gasteiger partial charge on any atom is 0.229 e. The minimum atomic E-state index is -0.210. The zero-order valence-corrected chi connectivity index (χ0v) is 14.4. The Morgan fingerprint density at radius 2 is 1.46 bits per heavy atom. The number of imide groups is 1. The van der Waals surface area contributed by atoms with E-state index in [4.69, 9.17) is 0 Å². The third-order valence-corrected chi connectivity index (χ3v) is 4.57. The number of rotatable bonds is 5. The molecular formula is C17H23ClFN3O2. The van der Waals surface area contributed by atoms with Crippen molar-refractivity contribution in [1.82, 2.24) is 9.80 Å². The van der Waals surface area contributed by atoms with Crippen LogP contribution in [0.4, 0.5) is 10.1 Å². The molecule has 0 radical (unpaired) electrons. The minimum absolute atomic E-state index is 0. The largest absolute Gasteiger partial charge is 0.369 e. The number of hydrogen-bond donors (Lipinski definition) is 0. The average Bonchev–Trinajstić information content (AvgIpc) is 2.88. The van der Waals surface area contributed by atoms with Crippen molar-refractivity contribution in [3.63, 3.8) is 0 Å². The van der Waals surface area contributed by atoms with Crippen molar-refractivity contribution >= 4 is 29.9 Å². The molecule has 0 aliphatic carbocycles. The van der Waals surface area contributed by atoms with Gasteiger partial charge in [-0.05, 0) is 37.2 Å². The van der Waals surface area contributed by atoms with Crippen LogP contribution in [0.25, 0.3) is 0 Å². The van der Waals surface area contributed by atoms with Gasteiger partial charge in [-0.3, -0.25) is 19.4 Å². The number of likely N-dealkylation sites (tertiary alicyclic amines) is 1. The first-order valence-corrected chi connectivity index (χ1v) is 8.19. The number of anilines is 1. The lowest BCUT2D eigenvalue weighted by atomic mass is 10.2. The molecule has 0 spiro atoms. The molecule has 132 valence electrons. The number of hydrogen-bond acceptors (Lipinski definition) is 4. The Labute approximate surface area is 147 Å². The van der Waals surface area contributed by atoms with E-state index in [1.54, 1.807) is 0 Å². The molecule has 1 aromatic rings. The Hall–Kier alpha value is -1.66. The SMILES string of the molecule is Cl.O=C1CCC(=O)N1CCCN1CCN(c2ccc(F)cc2)CC1. The van der Waals surface area contributed by atoms with Crippen LogP contribution >= 0.6 is 12.4 Å². The van der Waals surface area contributed by atoms with Gasteiger partial charge in [0.1, 0.15) is 5.82 Å². The van der Waals surface area contributed by atoms with Crippen LogP contribution in [0.5, 0.6) is 0 Å². The second-order valence-electron chi connectivity index (χ2n) is 6.10. The molecule has 3 rings (SSSR count). The minimum Gasteiger partial charge on any atom is -0.369 e. The third kappa shape index (κ3) is 4.45. The highest BCUT2D eigenvalue weighted by molar-refractivity contribution is 6.01. The van der Waals surface area contributed by atoms with Gasteiger partial charge in [0.25, 0.3) is 0 Å². The molecule has 2 aliphatic heterocycles. The Kier molecular flexibility index (Phi) is 6.57. The van der Waals surface area contributed by atoms with Crippen molar-refractivity contribution in [2.75, 3.05) is 44.2 Å². The fraction of sp³-hybridized carbons (Fsp3) is 0.529. The van der Waals surface area contributed by atoms with Crippen LogP contribution in [0.15, 0.2) is 24.3 Å². The number of benzene rings is 1. The summed E-state index contributed by atoms with van der Waals surface area (Å²) in [5.41, 5.74) is 1.05. The number of carbonyl (C=O) groups is 2. The maximum atomic E-state index is 13.0.